The maximum Gasteiger partial charge on any atom is 0.242 e. The average Bonchev–Trinajstić information content (AvgIpc) is 3.34. The largest absolute Gasteiger partial charge is 0.346 e. The van der Waals surface area contributed by atoms with Gasteiger partial charge in [0, 0.05) is 24.3 Å². The van der Waals surface area contributed by atoms with Crippen LogP contribution in [-0.4, -0.2) is 30.5 Å². The van der Waals surface area contributed by atoms with E-state index in [0.29, 0.717) is 5.65 Å². The molecule has 29 heavy (non-hydrogen) atoms. The van der Waals surface area contributed by atoms with Crippen molar-refractivity contribution in [3.8, 4) is 11.1 Å². The molecule has 1 atom stereocenters. The van der Waals surface area contributed by atoms with Crippen LogP contribution >= 0.6 is 0 Å². The Bertz CT molecular complexity index is 1140. The summed E-state index contributed by atoms with van der Waals surface area (Å²) in [6.45, 7) is 6.81. The van der Waals surface area contributed by atoms with Crippen LogP contribution in [0.15, 0.2) is 54.9 Å². The van der Waals surface area contributed by atoms with Crippen LogP contribution < -0.4 is 5.32 Å². The number of hydrogen-bond acceptors (Lipinski definition) is 4. The highest BCUT2D eigenvalue weighted by Crippen LogP contribution is 2.29. The van der Waals surface area contributed by atoms with E-state index in [2.05, 4.69) is 32.6 Å². The Labute approximate surface area is 169 Å². The van der Waals surface area contributed by atoms with Crippen molar-refractivity contribution in [2.75, 3.05) is 0 Å². The first kappa shape index (κ1) is 18.9. The van der Waals surface area contributed by atoms with Gasteiger partial charge >= 0.3 is 0 Å². The van der Waals surface area contributed by atoms with Crippen LogP contribution in [0.4, 0.5) is 0 Å². The van der Waals surface area contributed by atoms with E-state index in [1.54, 1.807) is 10.9 Å². The van der Waals surface area contributed by atoms with Gasteiger partial charge in [-0.25, -0.2) is 9.67 Å². The third-order valence-electron chi connectivity index (χ3n) is 4.99. The number of carbonyl (C=O) groups is 1. The maximum atomic E-state index is 12.6. The first-order valence-electron chi connectivity index (χ1n) is 9.77. The first-order chi connectivity index (χ1) is 14.1. The van der Waals surface area contributed by atoms with E-state index >= 15 is 0 Å². The van der Waals surface area contributed by atoms with Crippen LogP contribution in [0.3, 0.4) is 0 Å². The molecule has 0 aliphatic heterocycles. The monoisotopic (exact) mass is 388 g/mol. The van der Waals surface area contributed by atoms with Gasteiger partial charge in [-0.15, -0.1) is 0 Å². The quantitative estimate of drug-likeness (QED) is 0.548. The number of nitrogens with one attached hydrogen (secondary N) is 1. The third-order valence-corrected chi connectivity index (χ3v) is 4.99. The molecule has 148 valence electrons. The van der Waals surface area contributed by atoms with E-state index in [4.69, 9.17) is 0 Å². The van der Waals surface area contributed by atoms with Crippen molar-refractivity contribution in [1.82, 2.24) is 29.9 Å². The lowest BCUT2D eigenvalue weighted by Gasteiger charge is -2.12. The zero-order chi connectivity index (χ0) is 20.4. The topological polar surface area (TPSA) is 77.6 Å². The minimum atomic E-state index is -0.175. The molecule has 0 bridgehead atoms. The van der Waals surface area contributed by atoms with Crippen LogP contribution in [-0.2, 0) is 17.9 Å². The van der Waals surface area contributed by atoms with Crippen molar-refractivity contribution in [2.45, 2.75) is 39.9 Å². The lowest BCUT2D eigenvalue weighted by Crippen LogP contribution is -2.30. The maximum absolute atomic E-state index is 12.6. The van der Waals surface area contributed by atoms with Crippen molar-refractivity contribution in [3.63, 3.8) is 0 Å². The summed E-state index contributed by atoms with van der Waals surface area (Å²) >= 11 is 0. The van der Waals surface area contributed by atoms with E-state index in [0.717, 1.165) is 34.4 Å². The molecule has 0 aliphatic rings. The molecule has 3 heterocycles. The Kier molecular flexibility index (Phi) is 5.12. The molecule has 0 fully saturated rings. The minimum Gasteiger partial charge on any atom is -0.346 e. The van der Waals surface area contributed by atoms with Gasteiger partial charge in [0.25, 0.3) is 0 Å². The van der Waals surface area contributed by atoms with Crippen molar-refractivity contribution in [1.29, 1.82) is 0 Å². The van der Waals surface area contributed by atoms with E-state index in [9.17, 15) is 4.79 Å². The lowest BCUT2D eigenvalue weighted by atomic mass is 10.0. The Hall–Kier alpha value is -3.48. The number of benzene rings is 1. The molecule has 0 spiro atoms. The standard InChI is InChI=1S/C22H24N6O/c1-4-27-13-11-19(26-27)15(2)24-20(29)14-28-22-21(16(3)25-28)18(10-12-23-22)17-8-6-5-7-9-17/h5-13,15H,4,14H2,1-3H3,(H,24,29). The van der Waals surface area contributed by atoms with Crippen LogP contribution in [0.1, 0.15) is 31.3 Å². The number of fused-ring (bicyclic) bond motifs is 1. The Morgan fingerprint density at radius 3 is 2.66 bits per heavy atom. The average molecular weight is 388 g/mol. The summed E-state index contributed by atoms with van der Waals surface area (Å²) in [4.78, 5) is 17.1. The smallest absolute Gasteiger partial charge is 0.242 e. The Balaban J connectivity index is 1.58. The fraction of sp³-hybridized carbons (Fsp3) is 0.273. The molecule has 1 amide bonds. The van der Waals surface area contributed by atoms with Gasteiger partial charge in [0.05, 0.1) is 17.4 Å². The second kappa shape index (κ2) is 7.87. The number of amides is 1. The van der Waals surface area contributed by atoms with Gasteiger partial charge in [-0.1, -0.05) is 30.3 Å². The number of carbonyl (C=O) groups excluding carboxylic acids is 1. The number of aromatic nitrogens is 5. The summed E-state index contributed by atoms with van der Waals surface area (Å²) in [7, 11) is 0. The molecule has 0 radical (unpaired) electrons. The van der Waals surface area contributed by atoms with E-state index in [-0.39, 0.29) is 18.5 Å². The molecule has 0 saturated carbocycles. The predicted molar refractivity (Wildman–Crippen MR) is 112 cm³/mol. The highest BCUT2D eigenvalue weighted by atomic mass is 16.2. The number of aryl methyl sites for hydroxylation is 2. The molecule has 4 rings (SSSR count). The molecule has 4 aromatic rings. The summed E-state index contributed by atoms with van der Waals surface area (Å²) < 4.78 is 3.52. The van der Waals surface area contributed by atoms with Gasteiger partial charge in [0.15, 0.2) is 5.65 Å². The Morgan fingerprint density at radius 1 is 1.14 bits per heavy atom. The summed E-state index contributed by atoms with van der Waals surface area (Å²) in [6.07, 6.45) is 3.68. The molecular formula is C22H24N6O. The molecule has 0 saturated heterocycles. The van der Waals surface area contributed by atoms with Crippen LogP contribution in [0.25, 0.3) is 22.2 Å². The normalized spacial score (nSPS) is 12.2. The van der Waals surface area contributed by atoms with Gasteiger partial charge in [-0.05, 0) is 44.0 Å². The van der Waals surface area contributed by atoms with E-state index in [1.807, 2.05) is 62.0 Å². The highest BCUT2D eigenvalue weighted by molar-refractivity contribution is 5.95. The Morgan fingerprint density at radius 2 is 1.93 bits per heavy atom. The van der Waals surface area contributed by atoms with Crippen LogP contribution in [0, 0.1) is 6.92 Å². The summed E-state index contributed by atoms with van der Waals surface area (Å²) in [5.41, 5.74) is 4.58. The van der Waals surface area contributed by atoms with Gasteiger partial charge in [-0.2, -0.15) is 10.2 Å². The summed E-state index contributed by atoms with van der Waals surface area (Å²) in [6, 6.07) is 13.9. The van der Waals surface area contributed by atoms with Crippen molar-refractivity contribution in [2.24, 2.45) is 0 Å². The number of nitrogens with zero attached hydrogens (tertiary/aromatic N) is 5. The molecule has 3 aromatic heterocycles. The lowest BCUT2D eigenvalue weighted by molar-refractivity contribution is -0.122. The van der Waals surface area contributed by atoms with E-state index in [1.165, 1.54) is 0 Å². The number of rotatable bonds is 6. The first-order valence-corrected chi connectivity index (χ1v) is 9.77. The molecule has 7 heteroatoms. The zero-order valence-corrected chi connectivity index (χ0v) is 16.8. The predicted octanol–water partition coefficient (Wildman–Crippen LogP) is 3.50. The molecule has 0 aliphatic carbocycles. The molecule has 7 nitrogen and oxygen atoms in total. The van der Waals surface area contributed by atoms with Crippen molar-refractivity contribution in [3.05, 3.63) is 66.2 Å². The van der Waals surface area contributed by atoms with Crippen molar-refractivity contribution >= 4 is 16.9 Å². The highest BCUT2D eigenvalue weighted by Gasteiger charge is 2.17. The zero-order valence-electron chi connectivity index (χ0n) is 16.8. The number of pyridine rings is 1. The van der Waals surface area contributed by atoms with Crippen LogP contribution in [0.2, 0.25) is 0 Å². The van der Waals surface area contributed by atoms with Gasteiger partial charge in [0.1, 0.15) is 6.54 Å². The van der Waals surface area contributed by atoms with Gasteiger partial charge < -0.3 is 5.32 Å². The second-order valence-electron chi connectivity index (χ2n) is 7.05. The van der Waals surface area contributed by atoms with Gasteiger partial charge in [0.2, 0.25) is 5.91 Å². The fourth-order valence-corrected chi connectivity index (χ4v) is 3.53. The van der Waals surface area contributed by atoms with Gasteiger partial charge in [-0.3, -0.25) is 9.48 Å². The molecular weight excluding hydrogens is 364 g/mol. The molecule has 1 aromatic carbocycles. The minimum absolute atomic E-state index is 0.106. The fourth-order valence-electron chi connectivity index (χ4n) is 3.53. The second-order valence-corrected chi connectivity index (χ2v) is 7.05. The van der Waals surface area contributed by atoms with Crippen molar-refractivity contribution < 1.29 is 4.79 Å². The third kappa shape index (κ3) is 3.76. The number of hydrogen-bond donors (Lipinski definition) is 1. The summed E-state index contributed by atoms with van der Waals surface area (Å²) in [5, 5.41) is 13.0. The SMILES string of the molecule is CCn1ccc(C(C)NC(=O)Cn2nc(C)c3c(-c4ccccc4)ccnc32)n1. The molecule has 1 unspecified atom stereocenters. The van der Waals surface area contributed by atoms with E-state index < -0.39 is 0 Å². The van der Waals surface area contributed by atoms with Crippen LogP contribution in [0.5, 0.6) is 0 Å². The summed E-state index contributed by atoms with van der Waals surface area (Å²) in [5.74, 6) is -0.125. The molecule has 1 N–H and O–H groups in total.